The molecule has 4 heteroatoms. The number of hydrogen-bond acceptors (Lipinski definition) is 2. The van der Waals surface area contributed by atoms with Gasteiger partial charge in [-0.3, -0.25) is 0 Å². The van der Waals surface area contributed by atoms with Crippen LogP contribution in [0.25, 0.3) is 16.2 Å². The van der Waals surface area contributed by atoms with Gasteiger partial charge in [-0.15, -0.1) is 11.3 Å². The Morgan fingerprint density at radius 2 is 2.25 bits per heavy atom. The van der Waals surface area contributed by atoms with Crippen molar-refractivity contribution in [2.75, 3.05) is 0 Å². The first-order valence-corrected chi connectivity index (χ1v) is 5.92. The molecule has 1 aromatic carbocycles. The van der Waals surface area contributed by atoms with Gasteiger partial charge in [-0.05, 0) is 42.1 Å². The van der Waals surface area contributed by atoms with Crippen molar-refractivity contribution in [1.29, 1.82) is 0 Å². The van der Waals surface area contributed by atoms with Gasteiger partial charge in [0.15, 0.2) is 0 Å². The van der Waals surface area contributed by atoms with Gasteiger partial charge in [0.2, 0.25) is 0 Å². The summed E-state index contributed by atoms with van der Waals surface area (Å²) >= 11 is 7.49. The second-order valence-electron chi connectivity index (χ2n) is 3.46. The molecule has 0 aliphatic heterocycles. The molecule has 82 valence electrons. The van der Waals surface area contributed by atoms with E-state index in [0.717, 1.165) is 15.6 Å². The summed E-state index contributed by atoms with van der Waals surface area (Å²) in [5.41, 5.74) is 1.22. The smallest absolute Gasteiger partial charge is 0.331 e. The van der Waals surface area contributed by atoms with E-state index < -0.39 is 5.97 Å². The van der Waals surface area contributed by atoms with Gasteiger partial charge in [-0.1, -0.05) is 11.6 Å². The molecule has 0 atom stereocenters. The zero-order valence-corrected chi connectivity index (χ0v) is 10.1. The quantitative estimate of drug-likeness (QED) is 0.819. The maximum atomic E-state index is 10.7. The van der Waals surface area contributed by atoms with Crippen molar-refractivity contribution in [3.8, 4) is 0 Å². The van der Waals surface area contributed by atoms with Crippen molar-refractivity contribution < 1.29 is 9.90 Å². The molecule has 0 amide bonds. The van der Waals surface area contributed by atoms with Gasteiger partial charge in [0.05, 0.1) is 0 Å². The summed E-state index contributed by atoms with van der Waals surface area (Å²) in [6.07, 6.45) is 1.66. The van der Waals surface area contributed by atoms with Crippen LogP contribution in [0, 0.1) is 0 Å². The predicted molar refractivity (Wildman–Crippen MR) is 68.1 cm³/mol. The minimum atomic E-state index is -0.902. The standard InChI is InChI=1S/C12H9ClO2S/c1-7(12(14)15)4-8-6-16-11-3-2-9(13)5-10(8)11/h2-6H,1H3,(H,14,15)/b7-4+. The van der Waals surface area contributed by atoms with E-state index in [2.05, 4.69) is 0 Å². The van der Waals surface area contributed by atoms with Gasteiger partial charge in [0, 0.05) is 20.7 Å². The summed E-state index contributed by atoms with van der Waals surface area (Å²) in [6.45, 7) is 1.58. The van der Waals surface area contributed by atoms with E-state index in [1.54, 1.807) is 24.3 Å². The number of carbonyl (C=O) groups is 1. The average Bonchev–Trinajstić information content (AvgIpc) is 2.61. The SMILES string of the molecule is C/C(=C\c1csc2ccc(Cl)cc12)C(=O)O. The lowest BCUT2D eigenvalue weighted by molar-refractivity contribution is -0.132. The molecular weight excluding hydrogens is 244 g/mol. The number of carboxylic acids is 1. The number of benzene rings is 1. The molecule has 0 saturated heterocycles. The Balaban J connectivity index is 2.57. The van der Waals surface area contributed by atoms with E-state index >= 15 is 0 Å². The van der Waals surface area contributed by atoms with E-state index in [9.17, 15) is 4.79 Å². The first-order valence-electron chi connectivity index (χ1n) is 4.66. The molecule has 16 heavy (non-hydrogen) atoms. The average molecular weight is 253 g/mol. The molecule has 1 N–H and O–H groups in total. The monoisotopic (exact) mass is 252 g/mol. The molecule has 1 heterocycles. The first kappa shape index (κ1) is 11.2. The summed E-state index contributed by atoms with van der Waals surface area (Å²) < 4.78 is 1.11. The third-order valence-corrected chi connectivity index (χ3v) is 3.49. The second kappa shape index (κ2) is 4.28. The largest absolute Gasteiger partial charge is 0.478 e. The number of hydrogen-bond donors (Lipinski definition) is 1. The van der Waals surface area contributed by atoms with Crippen LogP contribution in [-0.2, 0) is 4.79 Å². The maximum Gasteiger partial charge on any atom is 0.331 e. The summed E-state index contributed by atoms with van der Waals surface area (Å²) in [6, 6.07) is 5.63. The van der Waals surface area contributed by atoms with Crippen LogP contribution >= 0.6 is 22.9 Å². The summed E-state index contributed by atoms with van der Waals surface area (Å²) in [4.78, 5) is 10.7. The molecule has 2 aromatic rings. The lowest BCUT2D eigenvalue weighted by atomic mass is 10.1. The first-order chi connectivity index (χ1) is 7.58. The van der Waals surface area contributed by atoms with Crippen LogP contribution in [-0.4, -0.2) is 11.1 Å². The molecule has 0 spiro atoms. The molecule has 0 radical (unpaired) electrons. The van der Waals surface area contributed by atoms with Gasteiger partial charge in [-0.25, -0.2) is 4.79 Å². The fraction of sp³-hybridized carbons (Fsp3) is 0.0833. The zero-order valence-electron chi connectivity index (χ0n) is 8.53. The Labute approximate surface area is 102 Å². The Morgan fingerprint density at radius 1 is 1.50 bits per heavy atom. The van der Waals surface area contributed by atoms with Crippen molar-refractivity contribution in [3.05, 3.63) is 39.7 Å². The van der Waals surface area contributed by atoms with E-state index in [1.807, 2.05) is 23.6 Å². The van der Waals surface area contributed by atoms with Gasteiger partial charge in [0.25, 0.3) is 0 Å². The van der Waals surface area contributed by atoms with Crippen LogP contribution in [0.3, 0.4) is 0 Å². The Morgan fingerprint density at radius 3 is 2.94 bits per heavy atom. The number of fused-ring (bicyclic) bond motifs is 1. The zero-order chi connectivity index (χ0) is 11.7. The highest BCUT2D eigenvalue weighted by atomic mass is 35.5. The van der Waals surface area contributed by atoms with Crippen molar-refractivity contribution in [3.63, 3.8) is 0 Å². The molecule has 0 saturated carbocycles. The molecule has 0 bridgehead atoms. The van der Waals surface area contributed by atoms with Crippen molar-refractivity contribution in [2.45, 2.75) is 6.92 Å². The van der Waals surface area contributed by atoms with Crippen LogP contribution in [0.1, 0.15) is 12.5 Å². The highest BCUT2D eigenvalue weighted by Gasteiger charge is 2.05. The lowest BCUT2D eigenvalue weighted by Gasteiger charge is -1.95. The van der Waals surface area contributed by atoms with Crippen molar-refractivity contribution in [2.24, 2.45) is 0 Å². The minimum absolute atomic E-state index is 0.319. The van der Waals surface area contributed by atoms with Gasteiger partial charge < -0.3 is 5.11 Å². The van der Waals surface area contributed by atoms with Gasteiger partial charge >= 0.3 is 5.97 Å². The molecule has 1 aromatic heterocycles. The third-order valence-electron chi connectivity index (χ3n) is 2.27. The Kier molecular flexibility index (Phi) is 2.99. The van der Waals surface area contributed by atoms with Gasteiger partial charge in [-0.2, -0.15) is 0 Å². The maximum absolute atomic E-state index is 10.7. The number of halogens is 1. The molecule has 0 aliphatic carbocycles. The minimum Gasteiger partial charge on any atom is -0.478 e. The fourth-order valence-electron chi connectivity index (χ4n) is 1.43. The van der Waals surface area contributed by atoms with Crippen LogP contribution < -0.4 is 0 Å². The molecule has 0 aliphatic rings. The normalized spacial score (nSPS) is 12.0. The van der Waals surface area contributed by atoms with Crippen LogP contribution in [0.5, 0.6) is 0 Å². The Bertz CT molecular complexity index is 584. The molecular formula is C12H9ClO2S. The van der Waals surface area contributed by atoms with Crippen LogP contribution in [0.4, 0.5) is 0 Å². The van der Waals surface area contributed by atoms with E-state index in [-0.39, 0.29) is 0 Å². The second-order valence-corrected chi connectivity index (χ2v) is 4.81. The number of rotatable bonds is 2. The third kappa shape index (κ3) is 2.10. The van der Waals surface area contributed by atoms with Gasteiger partial charge in [0.1, 0.15) is 0 Å². The lowest BCUT2D eigenvalue weighted by Crippen LogP contribution is -1.94. The molecule has 2 rings (SSSR count). The fourth-order valence-corrected chi connectivity index (χ4v) is 2.50. The summed E-state index contributed by atoms with van der Waals surface area (Å²) in [7, 11) is 0. The van der Waals surface area contributed by atoms with E-state index in [4.69, 9.17) is 16.7 Å². The number of aliphatic carboxylic acids is 1. The highest BCUT2D eigenvalue weighted by molar-refractivity contribution is 7.17. The van der Waals surface area contributed by atoms with Crippen molar-refractivity contribution >= 4 is 45.1 Å². The Hall–Kier alpha value is -1.32. The van der Waals surface area contributed by atoms with Crippen LogP contribution in [0.2, 0.25) is 5.02 Å². The topological polar surface area (TPSA) is 37.3 Å². The molecule has 2 nitrogen and oxygen atoms in total. The van der Waals surface area contributed by atoms with Crippen LogP contribution in [0.15, 0.2) is 29.2 Å². The molecule has 0 fully saturated rings. The van der Waals surface area contributed by atoms with E-state index in [1.165, 1.54) is 0 Å². The predicted octanol–water partition coefficient (Wildman–Crippen LogP) is 4.04. The van der Waals surface area contributed by atoms with Crippen molar-refractivity contribution in [1.82, 2.24) is 0 Å². The number of carboxylic acid groups (broad SMARTS) is 1. The summed E-state index contributed by atoms with van der Waals surface area (Å²) in [5.74, 6) is -0.902. The van der Waals surface area contributed by atoms with E-state index in [0.29, 0.717) is 10.6 Å². The molecule has 0 unspecified atom stereocenters. The number of thiophene rings is 1. The highest BCUT2D eigenvalue weighted by Crippen LogP contribution is 2.30. The summed E-state index contributed by atoms with van der Waals surface area (Å²) in [5, 5.41) is 12.4.